The highest BCUT2D eigenvalue weighted by molar-refractivity contribution is 6.05. The van der Waals surface area contributed by atoms with E-state index in [1.54, 1.807) is 6.07 Å². The minimum atomic E-state index is -0.551. The maximum atomic E-state index is 13.4. The SMILES string of the molecule is CCCn1c(=O)[nH]c(=O)c2c(C(=O)NC3CCN(Cc4cccc(C)c4)CC3)cc(C3CC3)nc21. The molecule has 1 aliphatic heterocycles. The molecule has 8 nitrogen and oxygen atoms in total. The van der Waals surface area contributed by atoms with Gasteiger partial charge in [-0.3, -0.25) is 24.0 Å². The fourth-order valence-corrected chi connectivity index (χ4v) is 5.06. The molecule has 2 N–H and O–H groups in total. The Morgan fingerprint density at radius 3 is 2.60 bits per heavy atom. The molecular formula is C27H33N5O3. The predicted octanol–water partition coefficient (Wildman–Crippen LogP) is 3.08. The summed E-state index contributed by atoms with van der Waals surface area (Å²) in [7, 11) is 0. The standard InChI is InChI=1S/C27H33N5O3/c1-3-11-32-24-23(26(34)30-27(32)35)21(15-22(29-24)19-7-8-19)25(33)28-20-9-12-31(13-10-20)16-18-6-4-5-17(2)14-18/h4-6,14-15,19-20H,3,7-13,16H2,1-2H3,(H,28,33)(H,30,34,35). The number of nitrogens with zero attached hydrogens (tertiary/aromatic N) is 3. The Bertz CT molecular complexity index is 1360. The molecule has 0 atom stereocenters. The summed E-state index contributed by atoms with van der Waals surface area (Å²) in [6.45, 7) is 7.22. The summed E-state index contributed by atoms with van der Waals surface area (Å²) < 4.78 is 1.49. The Balaban J connectivity index is 1.36. The van der Waals surface area contributed by atoms with Crippen LogP contribution < -0.4 is 16.6 Å². The van der Waals surface area contributed by atoms with Gasteiger partial charge in [0.15, 0.2) is 5.65 Å². The number of piperidine rings is 1. The molecule has 1 amide bonds. The number of pyridine rings is 1. The molecule has 3 aromatic rings. The van der Waals surface area contributed by atoms with Crippen LogP contribution in [0.1, 0.15) is 72.1 Å². The lowest BCUT2D eigenvalue weighted by Crippen LogP contribution is -2.44. The van der Waals surface area contributed by atoms with Crippen molar-refractivity contribution in [3.63, 3.8) is 0 Å². The predicted molar refractivity (Wildman–Crippen MR) is 136 cm³/mol. The zero-order valence-corrected chi connectivity index (χ0v) is 20.5. The van der Waals surface area contributed by atoms with Crippen LogP contribution in [0.5, 0.6) is 0 Å². The molecule has 2 aromatic heterocycles. The van der Waals surface area contributed by atoms with Gasteiger partial charge >= 0.3 is 5.69 Å². The Morgan fingerprint density at radius 1 is 1.14 bits per heavy atom. The quantitative estimate of drug-likeness (QED) is 0.547. The van der Waals surface area contributed by atoms with E-state index in [9.17, 15) is 14.4 Å². The van der Waals surface area contributed by atoms with E-state index in [4.69, 9.17) is 0 Å². The molecule has 0 unspecified atom stereocenters. The van der Waals surface area contributed by atoms with E-state index in [0.717, 1.165) is 57.4 Å². The van der Waals surface area contributed by atoms with Crippen LogP contribution in [0.4, 0.5) is 0 Å². The number of aromatic nitrogens is 3. The van der Waals surface area contributed by atoms with E-state index < -0.39 is 11.2 Å². The Morgan fingerprint density at radius 2 is 1.91 bits per heavy atom. The Labute approximate surface area is 204 Å². The number of nitrogens with one attached hydrogen (secondary N) is 2. The molecule has 3 heterocycles. The summed E-state index contributed by atoms with van der Waals surface area (Å²) in [5, 5.41) is 3.37. The van der Waals surface area contributed by atoms with Crippen molar-refractivity contribution in [2.24, 2.45) is 0 Å². The minimum absolute atomic E-state index is 0.0458. The highest BCUT2D eigenvalue weighted by atomic mass is 16.2. The first-order valence-corrected chi connectivity index (χ1v) is 12.7. The molecule has 1 aliphatic carbocycles. The summed E-state index contributed by atoms with van der Waals surface area (Å²) in [5.41, 5.74) is 2.99. The maximum Gasteiger partial charge on any atom is 0.329 e. The number of carbonyl (C=O) groups excluding carboxylic acids is 1. The van der Waals surface area contributed by atoms with E-state index in [1.807, 2.05) is 6.92 Å². The maximum absolute atomic E-state index is 13.4. The number of aromatic amines is 1. The van der Waals surface area contributed by atoms with Gasteiger partial charge in [-0.05, 0) is 50.7 Å². The molecule has 1 saturated heterocycles. The largest absolute Gasteiger partial charge is 0.349 e. The van der Waals surface area contributed by atoms with Crippen molar-refractivity contribution in [2.75, 3.05) is 13.1 Å². The molecular weight excluding hydrogens is 442 g/mol. The van der Waals surface area contributed by atoms with Gasteiger partial charge in [0.1, 0.15) is 0 Å². The van der Waals surface area contributed by atoms with Crippen molar-refractivity contribution in [1.82, 2.24) is 24.8 Å². The highest BCUT2D eigenvalue weighted by Gasteiger charge is 2.29. The summed E-state index contributed by atoms with van der Waals surface area (Å²) in [6, 6.07) is 10.4. The van der Waals surface area contributed by atoms with E-state index >= 15 is 0 Å². The second-order valence-electron chi connectivity index (χ2n) is 9.99. The van der Waals surface area contributed by atoms with E-state index in [0.29, 0.717) is 23.7 Å². The molecule has 5 rings (SSSR count). The van der Waals surface area contributed by atoms with Gasteiger partial charge in [0.2, 0.25) is 0 Å². The topological polar surface area (TPSA) is 100 Å². The van der Waals surface area contributed by atoms with Crippen LogP contribution in [0.2, 0.25) is 0 Å². The number of hydrogen-bond acceptors (Lipinski definition) is 5. The molecule has 2 fully saturated rings. The number of carbonyl (C=O) groups is 1. The van der Waals surface area contributed by atoms with Gasteiger partial charge in [0.25, 0.3) is 11.5 Å². The number of hydrogen-bond donors (Lipinski definition) is 2. The van der Waals surface area contributed by atoms with Gasteiger partial charge in [-0.25, -0.2) is 9.78 Å². The van der Waals surface area contributed by atoms with Crippen molar-refractivity contribution in [2.45, 2.75) is 71.0 Å². The molecule has 35 heavy (non-hydrogen) atoms. The average molecular weight is 476 g/mol. The summed E-state index contributed by atoms with van der Waals surface area (Å²) in [6.07, 6.45) is 4.46. The number of H-pyrrole nitrogens is 1. The Hall–Kier alpha value is -3.26. The lowest BCUT2D eigenvalue weighted by atomic mass is 10.0. The van der Waals surface area contributed by atoms with Gasteiger partial charge in [-0.2, -0.15) is 0 Å². The third kappa shape index (κ3) is 5.07. The molecule has 0 radical (unpaired) electrons. The molecule has 0 spiro atoms. The van der Waals surface area contributed by atoms with E-state index in [2.05, 4.69) is 51.4 Å². The number of fused-ring (bicyclic) bond motifs is 1. The van der Waals surface area contributed by atoms with Crippen molar-refractivity contribution in [3.05, 3.63) is 73.6 Å². The number of amides is 1. The molecule has 1 aromatic carbocycles. The fourth-order valence-electron chi connectivity index (χ4n) is 5.06. The van der Waals surface area contributed by atoms with Crippen LogP contribution in [-0.4, -0.2) is 44.5 Å². The Kier molecular flexibility index (Phi) is 6.56. The second-order valence-corrected chi connectivity index (χ2v) is 9.99. The molecule has 8 heteroatoms. The number of benzene rings is 1. The van der Waals surface area contributed by atoms with E-state index in [1.165, 1.54) is 15.7 Å². The average Bonchev–Trinajstić information content (AvgIpc) is 3.68. The molecule has 184 valence electrons. The molecule has 0 bridgehead atoms. The number of likely N-dealkylation sites (tertiary alicyclic amines) is 1. The highest BCUT2D eigenvalue weighted by Crippen LogP contribution is 2.40. The normalized spacial score (nSPS) is 17.1. The van der Waals surface area contributed by atoms with Crippen molar-refractivity contribution in [3.8, 4) is 0 Å². The third-order valence-electron chi connectivity index (χ3n) is 7.07. The van der Waals surface area contributed by atoms with Crippen LogP contribution in [0, 0.1) is 6.92 Å². The number of aryl methyl sites for hydroxylation is 2. The first-order valence-electron chi connectivity index (χ1n) is 12.7. The lowest BCUT2D eigenvalue weighted by Gasteiger charge is -2.32. The monoisotopic (exact) mass is 475 g/mol. The van der Waals surface area contributed by atoms with Crippen molar-refractivity contribution >= 4 is 16.9 Å². The first kappa shape index (κ1) is 23.5. The summed E-state index contributed by atoms with van der Waals surface area (Å²) in [4.78, 5) is 48.2. The smallest absolute Gasteiger partial charge is 0.329 e. The van der Waals surface area contributed by atoms with Crippen molar-refractivity contribution in [1.29, 1.82) is 0 Å². The van der Waals surface area contributed by atoms with Gasteiger partial charge in [-0.15, -0.1) is 0 Å². The van der Waals surface area contributed by atoms with Gasteiger partial charge in [0.05, 0.1) is 10.9 Å². The zero-order chi connectivity index (χ0) is 24.5. The minimum Gasteiger partial charge on any atom is -0.349 e. The third-order valence-corrected chi connectivity index (χ3v) is 7.07. The number of rotatable bonds is 7. The second kappa shape index (κ2) is 9.77. The summed E-state index contributed by atoms with van der Waals surface area (Å²) >= 11 is 0. The fraction of sp³-hybridized carbons (Fsp3) is 0.481. The van der Waals surface area contributed by atoms with Gasteiger partial charge < -0.3 is 5.32 Å². The first-order chi connectivity index (χ1) is 16.9. The van der Waals surface area contributed by atoms with Crippen LogP contribution >= 0.6 is 0 Å². The van der Waals surface area contributed by atoms with Crippen LogP contribution in [0.3, 0.4) is 0 Å². The van der Waals surface area contributed by atoms with Crippen LogP contribution in [-0.2, 0) is 13.1 Å². The summed E-state index contributed by atoms with van der Waals surface area (Å²) in [5.74, 6) is 0.0314. The zero-order valence-electron chi connectivity index (χ0n) is 20.5. The van der Waals surface area contributed by atoms with Gasteiger partial charge in [-0.1, -0.05) is 36.8 Å². The molecule has 2 aliphatic rings. The lowest BCUT2D eigenvalue weighted by molar-refractivity contribution is 0.0910. The van der Waals surface area contributed by atoms with Gasteiger partial charge in [0, 0.05) is 43.8 Å². The van der Waals surface area contributed by atoms with Crippen molar-refractivity contribution < 1.29 is 4.79 Å². The van der Waals surface area contributed by atoms with E-state index in [-0.39, 0.29) is 17.3 Å². The molecule has 1 saturated carbocycles. The van der Waals surface area contributed by atoms with Crippen LogP contribution in [0.15, 0.2) is 39.9 Å². The van der Waals surface area contributed by atoms with Crippen LogP contribution in [0.25, 0.3) is 11.0 Å².